The molecule has 0 aliphatic rings. The van der Waals surface area contributed by atoms with Crippen molar-refractivity contribution in [2.45, 2.75) is 219 Å². The fourth-order valence-corrected chi connectivity index (χ4v) is 6.72. The molecule has 0 aliphatic carbocycles. The Morgan fingerprint density at radius 3 is 1.43 bits per heavy atom. The highest BCUT2D eigenvalue weighted by Crippen LogP contribution is 2.21. The van der Waals surface area contributed by atoms with Crippen LogP contribution in [-0.2, 0) is 23.8 Å². The summed E-state index contributed by atoms with van der Waals surface area (Å²) in [6.45, 7) is 6.97. The van der Waals surface area contributed by atoms with Crippen LogP contribution < -0.4 is 0 Å². The molecule has 0 aliphatic heterocycles. The van der Waals surface area contributed by atoms with E-state index in [2.05, 4.69) is 32.8 Å². The number of esters is 2. The van der Waals surface area contributed by atoms with Crippen molar-refractivity contribution in [2.24, 2.45) is 5.92 Å². The van der Waals surface area contributed by atoms with E-state index in [4.69, 9.17) is 14.2 Å². The highest BCUT2D eigenvalue weighted by atomic mass is 16.5. The van der Waals surface area contributed by atoms with E-state index in [9.17, 15) is 9.59 Å². The minimum Gasteiger partial charge on any atom is -0.465 e. The van der Waals surface area contributed by atoms with Crippen molar-refractivity contribution in [3.63, 3.8) is 0 Å². The summed E-state index contributed by atoms with van der Waals surface area (Å²) in [6.07, 6.45) is 35.9. The molecule has 0 radical (unpaired) electrons. The monoisotopic (exact) mass is 696 g/mol. The minimum absolute atomic E-state index is 0.00665. The third kappa shape index (κ3) is 35.1. The molecule has 0 bridgehead atoms. The van der Waals surface area contributed by atoms with Crippen LogP contribution in [0.5, 0.6) is 0 Å². The van der Waals surface area contributed by atoms with Gasteiger partial charge in [-0.1, -0.05) is 142 Å². The zero-order valence-corrected chi connectivity index (χ0v) is 33.7. The van der Waals surface area contributed by atoms with Crippen LogP contribution in [0.2, 0.25) is 0 Å². The highest BCUT2D eigenvalue weighted by Gasteiger charge is 2.19. The Balaban J connectivity index is 4.24. The Morgan fingerprint density at radius 1 is 0.510 bits per heavy atom. The van der Waals surface area contributed by atoms with Crippen molar-refractivity contribution in [2.75, 3.05) is 41.0 Å². The van der Waals surface area contributed by atoms with Crippen LogP contribution in [0.15, 0.2) is 0 Å². The number of unbranched alkanes of at least 4 members (excludes halogenated alkanes) is 21. The van der Waals surface area contributed by atoms with Gasteiger partial charge in [0.25, 0.3) is 0 Å². The van der Waals surface area contributed by atoms with Crippen molar-refractivity contribution < 1.29 is 23.8 Å². The van der Waals surface area contributed by atoms with Crippen LogP contribution in [0.3, 0.4) is 0 Å². The van der Waals surface area contributed by atoms with Gasteiger partial charge < -0.3 is 19.1 Å². The number of carbonyl (C=O) groups is 2. The fraction of sp³-hybridized carbons (Fsp3) is 0.953. The van der Waals surface area contributed by atoms with E-state index in [0.29, 0.717) is 13.0 Å². The molecule has 2 unspecified atom stereocenters. The first kappa shape index (κ1) is 47.9. The summed E-state index contributed by atoms with van der Waals surface area (Å²) in [6, 6.07) is 0. The first-order valence-corrected chi connectivity index (χ1v) is 21.4. The van der Waals surface area contributed by atoms with Crippen LogP contribution in [0.25, 0.3) is 0 Å². The van der Waals surface area contributed by atoms with Gasteiger partial charge in [-0.15, -0.1) is 0 Å². The zero-order chi connectivity index (χ0) is 36.0. The third-order valence-electron chi connectivity index (χ3n) is 9.97. The number of ether oxygens (including phenoxy) is 3. The van der Waals surface area contributed by atoms with E-state index < -0.39 is 0 Å². The van der Waals surface area contributed by atoms with E-state index in [1.807, 2.05) is 0 Å². The Bertz CT molecular complexity index is 700. The molecule has 2 atom stereocenters. The molecule has 6 heteroatoms. The molecule has 0 rings (SSSR count). The fourth-order valence-electron chi connectivity index (χ4n) is 6.72. The largest absolute Gasteiger partial charge is 0.465 e. The van der Waals surface area contributed by atoms with Crippen molar-refractivity contribution in [1.82, 2.24) is 4.90 Å². The molecular formula is C43H85NO5. The average molecular weight is 696 g/mol. The Hall–Kier alpha value is -1.14. The molecule has 0 fully saturated rings. The van der Waals surface area contributed by atoms with Crippen LogP contribution in [0.1, 0.15) is 213 Å². The molecular weight excluding hydrogens is 610 g/mol. The van der Waals surface area contributed by atoms with E-state index in [-0.39, 0.29) is 24.0 Å². The summed E-state index contributed by atoms with van der Waals surface area (Å²) < 4.78 is 16.9. The molecule has 0 spiro atoms. The van der Waals surface area contributed by atoms with E-state index in [1.54, 1.807) is 7.11 Å². The van der Waals surface area contributed by atoms with Gasteiger partial charge in [0, 0.05) is 20.1 Å². The van der Waals surface area contributed by atoms with E-state index in [0.717, 1.165) is 96.6 Å². The molecule has 0 aromatic carbocycles. The molecule has 0 saturated heterocycles. The Kier molecular flexibility index (Phi) is 37.2. The van der Waals surface area contributed by atoms with Crippen LogP contribution in [-0.4, -0.2) is 63.9 Å². The number of carbonyl (C=O) groups excluding carboxylic acids is 2. The van der Waals surface area contributed by atoms with Crippen molar-refractivity contribution in [3.05, 3.63) is 0 Å². The minimum atomic E-state index is -0.00665. The highest BCUT2D eigenvalue weighted by molar-refractivity contribution is 5.72. The summed E-state index contributed by atoms with van der Waals surface area (Å²) in [5.41, 5.74) is 0. The Morgan fingerprint density at radius 2 is 0.939 bits per heavy atom. The van der Waals surface area contributed by atoms with E-state index in [1.165, 1.54) is 109 Å². The second kappa shape index (κ2) is 38.1. The smallest absolute Gasteiger partial charge is 0.308 e. The lowest BCUT2D eigenvalue weighted by atomic mass is 9.94. The normalized spacial score (nSPS) is 12.8. The van der Waals surface area contributed by atoms with Crippen molar-refractivity contribution in [3.8, 4) is 0 Å². The lowest BCUT2D eigenvalue weighted by molar-refractivity contribution is -0.150. The zero-order valence-electron chi connectivity index (χ0n) is 33.7. The van der Waals surface area contributed by atoms with Crippen LogP contribution >= 0.6 is 0 Å². The Labute approximate surface area is 305 Å². The second-order valence-corrected chi connectivity index (χ2v) is 15.2. The molecule has 0 aromatic heterocycles. The van der Waals surface area contributed by atoms with Gasteiger partial charge in [0.05, 0.1) is 12.5 Å². The topological polar surface area (TPSA) is 65.1 Å². The van der Waals surface area contributed by atoms with Crippen LogP contribution in [0, 0.1) is 5.92 Å². The lowest BCUT2D eigenvalue weighted by Crippen LogP contribution is -2.19. The predicted octanol–water partition coefficient (Wildman–Crippen LogP) is 12.4. The standard InChI is InChI=1S/C43H85NO5/c1-6-8-10-12-19-25-33-40(32-24-11-9-7-2)43(46)48-39-31-23-18-14-16-21-27-35-41(49-42(45)36-28-29-37-44(3)4)34-26-20-15-13-17-22-30-38-47-5/h40-41H,6-39H2,1-5H3. The van der Waals surface area contributed by atoms with Gasteiger partial charge in [0.15, 0.2) is 0 Å². The molecule has 0 heterocycles. The van der Waals surface area contributed by atoms with Crippen molar-refractivity contribution in [1.29, 1.82) is 0 Å². The van der Waals surface area contributed by atoms with Gasteiger partial charge in [-0.3, -0.25) is 9.59 Å². The number of rotatable bonds is 39. The summed E-state index contributed by atoms with van der Waals surface area (Å²) in [7, 11) is 5.93. The van der Waals surface area contributed by atoms with Crippen LogP contribution in [0.4, 0.5) is 0 Å². The first-order valence-electron chi connectivity index (χ1n) is 21.4. The average Bonchev–Trinajstić information content (AvgIpc) is 3.08. The quantitative estimate of drug-likeness (QED) is 0.0471. The SMILES string of the molecule is CCCCCCCCC(CCCCCC)C(=O)OCCCCCCCCCC(CCCCCCCCCOC)OC(=O)CCCCN(C)C. The maximum atomic E-state index is 12.9. The summed E-state index contributed by atoms with van der Waals surface area (Å²) >= 11 is 0. The first-order chi connectivity index (χ1) is 23.9. The van der Waals surface area contributed by atoms with E-state index >= 15 is 0 Å². The third-order valence-corrected chi connectivity index (χ3v) is 9.97. The molecule has 0 saturated carbocycles. The molecule has 0 aromatic rings. The number of methoxy groups -OCH3 is 1. The number of nitrogens with zero attached hydrogens (tertiary/aromatic N) is 1. The summed E-state index contributed by atoms with van der Waals surface area (Å²) in [5.74, 6) is 0.157. The number of hydrogen-bond acceptors (Lipinski definition) is 6. The molecule has 0 N–H and O–H groups in total. The van der Waals surface area contributed by atoms with Gasteiger partial charge in [-0.05, 0) is 84.8 Å². The summed E-state index contributed by atoms with van der Waals surface area (Å²) in [5, 5.41) is 0. The van der Waals surface area contributed by atoms with Gasteiger partial charge in [0.2, 0.25) is 0 Å². The summed E-state index contributed by atoms with van der Waals surface area (Å²) in [4.78, 5) is 27.6. The molecule has 0 amide bonds. The molecule has 49 heavy (non-hydrogen) atoms. The van der Waals surface area contributed by atoms with Gasteiger partial charge >= 0.3 is 11.9 Å². The molecule has 292 valence electrons. The maximum absolute atomic E-state index is 12.9. The second-order valence-electron chi connectivity index (χ2n) is 15.2. The van der Waals surface area contributed by atoms with Gasteiger partial charge in [0.1, 0.15) is 6.10 Å². The molecule has 6 nitrogen and oxygen atoms in total. The van der Waals surface area contributed by atoms with Gasteiger partial charge in [-0.25, -0.2) is 0 Å². The number of hydrogen-bond donors (Lipinski definition) is 0. The lowest BCUT2D eigenvalue weighted by Gasteiger charge is -2.18. The van der Waals surface area contributed by atoms with Crippen molar-refractivity contribution >= 4 is 11.9 Å². The maximum Gasteiger partial charge on any atom is 0.308 e. The predicted molar refractivity (Wildman–Crippen MR) is 209 cm³/mol. The van der Waals surface area contributed by atoms with Gasteiger partial charge in [-0.2, -0.15) is 0 Å².